The van der Waals surface area contributed by atoms with E-state index in [1.165, 1.54) is 0 Å². The molecule has 0 aromatic carbocycles. The van der Waals surface area contributed by atoms with Crippen LogP contribution in [0.25, 0.3) is 0 Å². The van der Waals surface area contributed by atoms with Gasteiger partial charge in [-0.25, -0.2) is 0 Å². The molecule has 16 heavy (non-hydrogen) atoms. The van der Waals surface area contributed by atoms with Crippen LogP contribution in [-0.4, -0.2) is 45.8 Å². The van der Waals surface area contributed by atoms with Crippen molar-refractivity contribution in [3.05, 3.63) is 12.2 Å². The van der Waals surface area contributed by atoms with Gasteiger partial charge in [0.05, 0.1) is 13.2 Å². The van der Waals surface area contributed by atoms with E-state index in [1.54, 1.807) is 0 Å². The fraction of sp³-hybridized carbons (Fsp3) is 0.833. The lowest BCUT2D eigenvalue weighted by Crippen LogP contribution is -2.45. The monoisotopic (exact) mass is 230 g/mol. The van der Waals surface area contributed by atoms with Crippen LogP contribution in [0.1, 0.15) is 19.8 Å². The number of aliphatic hydroxyl groups excluding tert-OH is 3. The minimum Gasteiger partial charge on any atom is -0.396 e. The highest BCUT2D eigenvalue weighted by Gasteiger charge is 2.36. The number of allylic oxidation sites excluding steroid dienone is 1. The first-order valence-corrected chi connectivity index (χ1v) is 5.80. The van der Waals surface area contributed by atoms with Crippen LogP contribution in [-0.2, 0) is 0 Å². The van der Waals surface area contributed by atoms with Crippen LogP contribution in [0.3, 0.4) is 0 Å². The zero-order chi connectivity index (χ0) is 12.2. The van der Waals surface area contributed by atoms with Crippen molar-refractivity contribution in [3.63, 3.8) is 0 Å². The Bertz CT molecular complexity index is 235. The van der Waals surface area contributed by atoms with Crippen LogP contribution >= 0.6 is 0 Å². The lowest BCUT2D eigenvalue weighted by Gasteiger charge is -2.35. The molecule has 0 aliphatic heterocycles. The predicted octanol–water partition coefficient (Wildman–Crippen LogP) is -0.0871. The second kappa shape index (κ2) is 5.77. The van der Waals surface area contributed by atoms with Gasteiger partial charge >= 0.3 is 0 Å². The molecular formula is C12H22O4. The second-order valence-electron chi connectivity index (χ2n) is 4.81. The van der Waals surface area contributed by atoms with E-state index in [0.717, 1.165) is 12.8 Å². The smallest absolute Gasteiger partial charge is 0.117 e. The third-order valence-corrected chi connectivity index (χ3v) is 3.66. The van der Waals surface area contributed by atoms with E-state index in [1.807, 2.05) is 19.1 Å². The molecule has 0 amide bonds. The van der Waals surface area contributed by atoms with Crippen molar-refractivity contribution in [1.82, 2.24) is 0 Å². The predicted molar refractivity (Wildman–Crippen MR) is 60.7 cm³/mol. The summed E-state index contributed by atoms with van der Waals surface area (Å²) in [5.74, 6) is 0.334. The minimum atomic E-state index is -1.41. The second-order valence-corrected chi connectivity index (χ2v) is 4.81. The Morgan fingerprint density at radius 1 is 1.19 bits per heavy atom. The highest BCUT2D eigenvalue weighted by molar-refractivity contribution is 5.06. The summed E-state index contributed by atoms with van der Waals surface area (Å²) in [6.45, 7) is 1.28. The van der Waals surface area contributed by atoms with E-state index in [4.69, 9.17) is 15.3 Å². The molecule has 4 N–H and O–H groups in total. The van der Waals surface area contributed by atoms with Crippen LogP contribution in [0.2, 0.25) is 0 Å². The molecule has 0 spiro atoms. The topological polar surface area (TPSA) is 80.9 Å². The van der Waals surface area contributed by atoms with Gasteiger partial charge in [0, 0.05) is 12.5 Å². The fourth-order valence-corrected chi connectivity index (χ4v) is 2.18. The molecule has 1 aliphatic carbocycles. The Kier molecular flexibility index (Phi) is 4.92. The summed E-state index contributed by atoms with van der Waals surface area (Å²) in [6, 6.07) is 0. The van der Waals surface area contributed by atoms with Gasteiger partial charge in [0.2, 0.25) is 0 Å². The Morgan fingerprint density at radius 3 is 2.19 bits per heavy atom. The molecule has 0 unspecified atom stereocenters. The van der Waals surface area contributed by atoms with Crippen molar-refractivity contribution in [3.8, 4) is 0 Å². The molecule has 1 rings (SSSR count). The van der Waals surface area contributed by atoms with Crippen molar-refractivity contribution in [2.75, 3.05) is 19.8 Å². The zero-order valence-corrected chi connectivity index (χ0v) is 9.71. The van der Waals surface area contributed by atoms with Crippen LogP contribution in [0, 0.1) is 17.8 Å². The van der Waals surface area contributed by atoms with E-state index >= 15 is 0 Å². The van der Waals surface area contributed by atoms with Crippen molar-refractivity contribution in [1.29, 1.82) is 0 Å². The van der Waals surface area contributed by atoms with Gasteiger partial charge in [0.15, 0.2) is 0 Å². The first-order valence-electron chi connectivity index (χ1n) is 5.80. The largest absolute Gasteiger partial charge is 0.396 e. The SMILES string of the molecule is C[C@H](CO)[C@H]1C=C[C@@H](C(O)(CO)CO)CC1. The average Bonchev–Trinajstić information content (AvgIpc) is 2.37. The maximum absolute atomic E-state index is 9.93. The summed E-state index contributed by atoms with van der Waals surface area (Å²) in [7, 11) is 0. The van der Waals surface area contributed by atoms with Crippen molar-refractivity contribution in [2.24, 2.45) is 17.8 Å². The fourth-order valence-electron chi connectivity index (χ4n) is 2.18. The van der Waals surface area contributed by atoms with E-state index in [9.17, 15) is 5.11 Å². The number of rotatable bonds is 5. The summed E-state index contributed by atoms with van der Waals surface area (Å²) in [4.78, 5) is 0. The minimum absolute atomic E-state index is 0.157. The molecule has 0 aromatic rings. The van der Waals surface area contributed by atoms with Gasteiger partial charge in [-0.15, -0.1) is 0 Å². The maximum Gasteiger partial charge on any atom is 0.117 e. The van der Waals surface area contributed by atoms with Crippen LogP contribution in [0.4, 0.5) is 0 Å². The molecule has 0 radical (unpaired) electrons. The number of hydrogen-bond donors (Lipinski definition) is 4. The van der Waals surface area contributed by atoms with Crippen molar-refractivity contribution in [2.45, 2.75) is 25.4 Å². The molecule has 0 fully saturated rings. The van der Waals surface area contributed by atoms with Gasteiger partial charge in [-0.1, -0.05) is 19.1 Å². The number of hydrogen-bond acceptors (Lipinski definition) is 4. The standard InChI is InChI=1S/C12H22O4/c1-9(6-13)10-2-4-11(5-3-10)12(16,7-14)8-15/h2,4,9-11,13-16H,3,5-8H2,1H3/t9-,10+,11-/m1/s1. The molecule has 1 aliphatic rings. The lowest BCUT2D eigenvalue weighted by molar-refractivity contribution is -0.0876. The van der Waals surface area contributed by atoms with E-state index < -0.39 is 18.8 Å². The summed E-state index contributed by atoms with van der Waals surface area (Å²) in [5.41, 5.74) is -1.41. The van der Waals surface area contributed by atoms with E-state index in [0.29, 0.717) is 5.92 Å². The molecular weight excluding hydrogens is 208 g/mol. The Morgan fingerprint density at radius 2 is 1.81 bits per heavy atom. The average molecular weight is 230 g/mol. The normalized spacial score (nSPS) is 28.1. The molecule has 0 heterocycles. The molecule has 4 heteroatoms. The summed E-state index contributed by atoms with van der Waals surface area (Å²) in [5, 5.41) is 37.1. The molecule has 4 nitrogen and oxygen atoms in total. The molecule has 0 aromatic heterocycles. The molecule has 0 saturated carbocycles. The number of aliphatic hydroxyl groups is 4. The van der Waals surface area contributed by atoms with Crippen LogP contribution in [0.5, 0.6) is 0 Å². The van der Waals surface area contributed by atoms with E-state index in [2.05, 4.69) is 0 Å². The lowest BCUT2D eigenvalue weighted by atomic mass is 9.76. The van der Waals surface area contributed by atoms with Gasteiger partial charge in [-0.05, 0) is 24.7 Å². The summed E-state index contributed by atoms with van der Waals surface area (Å²) in [6.07, 6.45) is 5.42. The third kappa shape index (κ3) is 2.83. The van der Waals surface area contributed by atoms with Gasteiger partial charge in [0.25, 0.3) is 0 Å². The van der Waals surface area contributed by atoms with Crippen LogP contribution < -0.4 is 0 Å². The van der Waals surface area contributed by atoms with Crippen molar-refractivity contribution >= 4 is 0 Å². The maximum atomic E-state index is 9.93. The van der Waals surface area contributed by atoms with Crippen LogP contribution in [0.15, 0.2) is 12.2 Å². The Hall–Kier alpha value is -0.420. The van der Waals surface area contributed by atoms with E-state index in [-0.39, 0.29) is 18.4 Å². The molecule has 3 atom stereocenters. The Balaban J connectivity index is 2.64. The first-order chi connectivity index (χ1) is 7.57. The highest BCUT2D eigenvalue weighted by Crippen LogP contribution is 2.33. The highest BCUT2D eigenvalue weighted by atomic mass is 16.4. The third-order valence-electron chi connectivity index (χ3n) is 3.66. The zero-order valence-electron chi connectivity index (χ0n) is 9.71. The first kappa shape index (κ1) is 13.6. The molecule has 0 bridgehead atoms. The molecule has 94 valence electrons. The van der Waals surface area contributed by atoms with Crippen molar-refractivity contribution < 1.29 is 20.4 Å². The van der Waals surface area contributed by atoms with Gasteiger partial charge < -0.3 is 20.4 Å². The summed E-state index contributed by atoms with van der Waals surface area (Å²) < 4.78 is 0. The van der Waals surface area contributed by atoms with Gasteiger partial charge in [-0.2, -0.15) is 0 Å². The van der Waals surface area contributed by atoms with Gasteiger partial charge in [0.1, 0.15) is 5.60 Å². The molecule has 0 saturated heterocycles. The Labute approximate surface area is 96.2 Å². The van der Waals surface area contributed by atoms with Gasteiger partial charge in [-0.3, -0.25) is 0 Å². The quantitative estimate of drug-likeness (QED) is 0.498. The summed E-state index contributed by atoms with van der Waals surface area (Å²) >= 11 is 0.